The highest BCUT2D eigenvalue weighted by Crippen LogP contribution is 2.33. The number of nitrogens with one attached hydrogen (secondary N) is 1. The van der Waals surface area contributed by atoms with Crippen molar-refractivity contribution in [3.8, 4) is 11.1 Å². The maximum Gasteiger partial charge on any atom is 0.335 e. The van der Waals surface area contributed by atoms with Gasteiger partial charge in [-0.1, -0.05) is 67.9 Å². The minimum absolute atomic E-state index is 0.0625. The molecule has 3 aromatic carbocycles. The van der Waals surface area contributed by atoms with Gasteiger partial charge in [0.1, 0.15) is 5.82 Å². The molecular formula is C31H37ClFNO4. The summed E-state index contributed by atoms with van der Waals surface area (Å²) in [5.74, 6) is -1.32. The van der Waals surface area contributed by atoms with Crippen molar-refractivity contribution in [2.45, 2.75) is 64.7 Å². The average Bonchev–Trinajstić information content (AvgIpc) is 2.87. The van der Waals surface area contributed by atoms with Gasteiger partial charge in [-0.05, 0) is 79.1 Å². The number of aliphatic hydroxyl groups excluding tert-OH is 1. The summed E-state index contributed by atoms with van der Waals surface area (Å²) < 4.78 is 19.8. The molecule has 0 saturated heterocycles. The van der Waals surface area contributed by atoms with Crippen LogP contribution in [0.15, 0.2) is 60.7 Å². The van der Waals surface area contributed by atoms with Crippen LogP contribution in [0.25, 0.3) is 11.1 Å². The van der Waals surface area contributed by atoms with Crippen molar-refractivity contribution in [1.82, 2.24) is 5.32 Å². The smallest absolute Gasteiger partial charge is 0.335 e. The lowest BCUT2D eigenvalue weighted by atomic mass is 9.90. The van der Waals surface area contributed by atoms with Crippen molar-refractivity contribution in [2.24, 2.45) is 0 Å². The Morgan fingerprint density at radius 1 is 1.05 bits per heavy atom. The lowest BCUT2D eigenvalue weighted by Crippen LogP contribution is -2.46. The standard InChI is InChI=1S/C31H37ClFNO4/c1-19(2)27-15-22(11-12-26(27)30(36)37)25-9-7-6-8-24(25)20(3)38-18-23(35)17-34-31(4,5)16-21-10-13-28(32)29(33)14-21/h6-15,19-20,23,34-35H,16-18H2,1-5H3,(H,36,37)/t20-,23-/m1/s1. The number of aromatic carboxylic acids is 1. The zero-order valence-corrected chi connectivity index (χ0v) is 23.3. The highest BCUT2D eigenvalue weighted by Gasteiger charge is 2.21. The molecular weight excluding hydrogens is 505 g/mol. The number of halogens is 2. The fourth-order valence-electron chi connectivity index (χ4n) is 4.54. The number of β-amino-alcohol motifs (C(OH)–C–C–N with tert-alkyl or cyclic N) is 1. The second-order valence-electron chi connectivity index (χ2n) is 10.7. The predicted molar refractivity (Wildman–Crippen MR) is 150 cm³/mol. The number of carboxylic acids is 1. The van der Waals surface area contributed by atoms with Crippen molar-refractivity contribution in [2.75, 3.05) is 13.2 Å². The van der Waals surface area contributed by atoms with E-state index < -0.39 is 17.9 Å². The lowest BCUT2D eigenvalue weighted by molar-refractivity contribution is -0.00397. The van der Waals surface area contributed by atoms with Crippen molar-refractivity contribution in [1.29, 1.82) is 0 Å². The van der Waals surface area contributed by atoms with Gasteiger partial charge >= 0.3 is 5.97 Å². The van der Waals surface area contributed by atoms with Gasteiger partial charge in [-0.2, -0.15) is 0 Å². The van der Waals surface area contributed by atoms with E-state index in [0.717, 1.165) is 27.8 Å². The van der Waals surface area contributed by atoms with Crippen LogP contribution in [0, 0.1) is 5.82 Å². The van der Waals surface area contributed by atoms with E-state index in [4.69, 9.17) is 16.3 Å². The quantitative estimate of drug-likeness (QED) is 0.230. The minimum Gasteiger partial charge on any atom is -0.478 e. The molecule has 3 N–H and O–H groups in total. The number of aliphatic hydroxyl groups is 1. The van der Waals surface area contributed by atoms with E-state index in [-0.39, 0.29) is 29.2 Å². The summed E-state index contributed by atoms with van der Waals surface area (Å²) in [6.07, 6.45) is -0.474. The van der Waals surface area contributed by atoms with Crippen LogP contribution in [-0.4, -0.2) is 41.0 Å². The summed E-state index contributed by atoms with van der Waals surface area (Å²) in [5, 5.41) is 23.6. The van der Waals surface area contributed by atoms with Crippen molar-refractivity contribution >= 4 is 17.6 Å². The Hall–Kier alpha value is -2.77. The summed E-state index contributed by atoms with van der Waals surface area (Å²) >= 11 is 5.78. The summed E-state index contributed by atoms with van der Waals surface area (Å²) in [5.41, 5.74) is 4.37. The lowest BCUT2D eigenvalue weighted by Gasteiger charge is -2.28. The number of ether oxygens (including phenoxy) is 1. The molecule has 0 heterocycles. The Balaban J connectivity index is 1.63. The van der Waals surface area contributed by atoms with E-state index in [1.807, 2.05) is 71.0 Å². The normalized spacial score (nSPS) is 13.5. The summed E-state index contributed by atoms with van der Waals surface area (Å²) in [6, 6.07) is 18.1. The van der Waals surface area contributed by atoms with E-state index in [1.165, 1.54) is 6.07 Å². The number of hydrogen-bond acceptors (Lipinski definition) is 4. The van der Waals surface area contributed by atoms with Gasteiger partial charge in [0.05, 0.1) is 29.4 Å². The third kappa shape index (κ3) is 7.87. The van der Waals surface area contributed by atoms with E-state index >= 15 is 0 Å². The number of hydrogen-bond donors (Lipinski definition) is 3. The van der Waals surface area contributed by atoms with Crippen LogP contribution in [0.1, 0.15) is 73.7 Å². The first-order valence-corrected chi connectivity index (χ1v) is 13.2. The first-order valence-electron chi connectivity index (χ1n) is 12.8. The molecule has 38 heavy (non-hydrogen) atoms. The number of benzene rings is 3. The summed E-state index contributed by atoms with van der Waals surface area (Å²) in [4.78, 5) is 11.7. The molecule has 0 saturated carbocycles. The van der Waals surface area contributed by atoms with Gasteiger partial charge < -0.3 is 20.3 Å². The van der Waals surface area contributed by atoms with Crippen LogP contribution >= 0.6 is 11.6 Å². The van der Waals surface area contributed by atoms with Crippen LogP contribution < -0.4 is 5.32 Å². The highest BCUT2D eigenvalue weighted by atomic mass is 35.5. The van der Waals surface area contributed by atoms with Gasteiger partial charge in [-0.25, -0.2) is 9.18 Å². The van der Waals surface area contributed by atoms with Crippen LogP contribution in [0.4, 0.5) is 4.39 Å². The third-order valence-electron chi connectivity index (χ3n) is 6.60. The van der Waals surface area contributed by atoms with Crippen LogP contribution in [0.2, 0.25) is 5.02 Å². The topological polar surface area (TPSA) is 78.8 Å². The Labute approximate surface area is 229 Å². The van der Waals surface area contributed by atoms with Crippen LogP contribution in [-0.2, 0) is 11.2 Å². The molecule has 3 rings (SSSR count). The Morgan fingerprint density at radius 2 is 1.76 bits per heavy atom. The van der Waals surface area contributed by atoms with E-state index in [9.17, 15) is 19.4 Å². The molecule has 0 amide bonds. The summed E-state index contributed by atoms with van der Waals surface area (Å²) in [6.45, 7) is 10.3. The largest absolute Gasteiger partial charge is 0.478 e. The maximum absolute atomic E-state index is 13.8. The molecule has 7 heteroatoms. The first-order chi connectivity index (χ1) is 17.9. The molecule has 0 radical (unpaired) electrons. The SMILES string of the molecule is CC(C)c1cc(-c2ccccc2[C@@H](C)OC[C@H](O)CNC(C)(C)Cc2ccc(Cl)c(F)c2)ccc1C(=O)O. The van der Waals surface area contributed by atoms with Gasteiger partial charge in [0.25, 0.3) is 0 Å². The molecule has 5 nitrogen and oxygen atoms in total. The first kappa shape index (κ1) is 29.8. The molecule has 0 spiro atoms. The third-order valence-corrected chi connectivity index (χ3v) is 6.91. The van der Waals surface area contributed by atoms with E-state index in [0.29, 0.717) is 18.5 Å². The van der Waals surface area contributed by atoms with Gasteiger partial charge in [-0.3, -0.25) is 0 Å². The minimum atomic E-state index is -0.934. The Bertz CT molecular complexity index is 1260. The molecule has 204 valence electrons. The molecule has 0 aliphatic heterocycles. The van der Waals surface area contributed by atoms with Gasteiger partial charge in [0.2, 0.25) is 0 Å². The molecule has 0 aliphatic carbocycles. The van der Waals surface area contributed by atoms with Crippen molar-refractivity contribution in [3.05, 3.63) is 93.8 Å². The van der Waals surface area contributed by atoms with Crippen LogP contribution in [0.3, 0.4) is 0 Å². The fourth-order valence-corrected chi connectivity index (χ4v) is 4.66. The molecule has 0 aliphatic rings. The van der Waals surface area contributed by atoms with Crippen LogP contribution in [0.5, 0.6) is 0 Å². The van der Waals surface area contributed by atoms with Crippen molar-refractivity contribution in [3.63, 3.8) is 0 Å². The molecule has 0 aromatic heterocycles. The second-order valence-corrected chi connectivity index (χ2v) is 11.1. The number of carboxylic acid groups (broad SMARTS) is 1. The highest BCUT2D eigenvalue weighted by molar-refractivity contribution is 6.30. The molecule has 3 aromatic rings. The molecule has 0 unspecified atom stereocenters. The Kier molecular flexibility index (Phi) is 10.1. The van der Waals surface area contributed by atoms with Crippen molar-refractivity contribution < 1.29 is 24.1 Å². The number of carbonyl (C=O) groups is 1. The van der Waals surface area contributed by atoms with Gasteiger partial charge in [-0.15, -0.1) is 0 Å². The number of rotatable bonds is 12. The Morgan fingerprint density at radius 3 is 2.42 bits per heavy atom. The van der Waals surface area contributed by atoms with E-state index in [1.54, 1.807) is 18.2 Å². The summed E-state index contributed by atoms with van der Waals surface area (Å²) in [7, 11) is 0. The van der Waals surface area contributed by atoms with E-state index in [2.05, 4.69) is 5.32 Å². The second kappa shape index (κ2) is 12.9. The zero-order chi connectivity index (χ0) is 28.0. The molecule has 2 atom stereocenters. The van der Waals surface area contributed by atoms with Gasteiger partial charge in [0, 0.05) is 12.1 Å². The average molecular weight is 542 g/mol. The monoisotopic (exact) mass is 541 g/mol. The maximum atomic E-state index is 13.8. The molecule has 0 fully saturated rings. The fraction of sp³-hybridized carbons (Fsp3) is 0.387. The predicted octanol–water partition coefficient (Wildman–Crippen LogP) is 7.02. The zero-order valence-electron chi connectivity index (χ0n) is 22.6. The molecule has 0 bridgehead atoms. The van der Waals surface area contributed by atoms with Gasteiger partial charge in [0.15, 0.2) is 0 Å².